The van der Waals surface area contributed by atoms with E-state index in [1.54, 1.807) is 36.4 Å². The smallest absolute Gasteiger partial charge is 0.273 e. The van der Waals surface area contributed by atoms with Gasteiger partial charge < -0.3 is 10.6 Å². The molecule has 150 valence electrons. The molecule has 0 saturated carbocycles. The molecule has 2 N–H and O–H groups in total. The van der Waals surface area contributed by atoms with Crippen LogP contribution in [0.3, 0.4) is 0 Å². The van der Waals surface area contributed by atoms with Crippen LogP contribution >= 0.6 is 0 Å². The van der Waals surface area contributed by atoms with Crippen molar-refractivity contribution < 1.29 is 4.79 Å². The summed E-state index contributed by atoms with van der Waals surface area (Å²) in [6.07, 6.45) is 5.18. The van der Waals surface area contributed by atoms with Crippen LogP contribution in [0.5, 0.6) is 0 Å². The second-order valence-electron chi connectivity index (χ2n) is 6.91. The van der Waals surface area contributed by atoms with Crippen molar-refractivity contribution in [3.05, 3.63) is 78.0 Å². The average molecular weight is 399 g/mol. The first-order valence-electron chi connectivity index (χ1n) is 9.43. The Morgan fingerprint density at radius 3 is 2.67 bits per heavy atom. The molecule has 4 aromatic rings. The van der Waals surface area contributed by atoms with Crippen molar-refractivity contribution in [2.45, 2.75) is 13.8 Å². The van der Waals surface area contributed by atoms with Gasteiger partial charge in [0.05, 0.1) is 11.4 Å². The van der Waals surface area contributed by atoms with E-state index in [2.05, 4.69) is 30.7 Å². The van der Waals surface area contributed by atoms with Gasteiger partial charge in [-0.1, -0.05) is 6.07 Å². The molecule has 8 nitrogen and oxygen atoms in total. The Kier molecular flexibility index (Phi) is 5.21. The van der Waals surface area contributed by atoms with Crippen LogP contribution in [0.15, 0.2) is 61.1 Å². The molecule has 0 aliphatic rings. The highest BCUT2D eigenvalue weighted by molar-refractivity contribution is 6.03. The molecule has 0 unspecified atom stereocenters. The molecule has 3 aromatic heterocycles. The van der Waals surface area contributed by atoms with Gasteiger partial charge in [-0.3, -0.25) is 14.5 Å². The molecule has 1 amide bonds. The van der Waals surface area contributed by atoms with Crippen LogP contribution in [0.2, 0.25) is 0 Å². The molecule has 4 rings (SSSR count). The van der Waals surface area contributed by atoms with Crippen molar-refractivity contribution in [2.24, 2.45) is 7.05 Å². The number of pyridine rings is 1. The lowest BCUT2D eigenvalue weighted by molar-refractivity contribution is 0.101. The third-order valence-corrected chi connectivity index (χ3v) is 4.59. The molecule has 0 aliphatic heterocycles. The zero-order chi connectivity index (χ0) is 21.1. The number of rotatable bonds is 5. The van der Waals surface area contributed by atoms with E-state index < -0.39 is 0 Å². The molecule has 0 aliphatic carbocycles. The number of hydrogen-bond donors (Lipinski definition) is 2. The van der Waals surface area contributed by atoms with E-state index >= 15 is 0 Å². The third-order valence-electron chi connectivity index (χ3n) is 4.59. The van der Waals surface area contributed by atoms with Crippen LogP contribution in [0.25, 0.3) is 11.3 Å². The zero-order valence-electron chi connectivity index (χ0n) is 16.9. The van der Waals surface area contributed by atoms with E-state index in [9.17, 15) is 4.79 Å². The molecule has 1 aromatic carbocycles. The standard InChI is InChI=1S/C22H21N7O/c1-14-6-7-17(25-21(30)20-11-15(2)28-29(20)3)12-19(14)27-22-24-10-8-18(26-22)16-5-4-9-23-13-16/h4-13H,1-3H3,(H,25,30)(H,24,26,27). The molecule has 0 atom stereocenters. The Bertz CT molecular complexity index is 1200. The van der Waals surface area contributed by atoms with Crippen LogP contribution in [0.4, 0.5) is 17.3 Å². The molecule has 0 saturated heterocycles. The first-order valence-corrected chi connectivity index (χ1v) is 9.43. The minimum absolute atomic E-state index is 0.220. The van der Waals surface area contributed by atoms with Gasteiger partial charge in [0.25, 0.3) is 5.91 Å². The summed E-state index contributed by atoms with van der Waals surface area (Å²) in [5, 5.41) is 10.4. The Morgan fingerprint density at radius 1 is 1.07 bits per heavy atom. The molecule has 0 fully saturated rings. The summed E-state index contributed by atoms with van der Waals surface area (Å²) in [6, 6.07) is 13.0. The van der Waals surface area contributed by atoms with Gasteiger partial charge >= 0.3 is 0 Å². The molecule has 0 bridgehead atoms. The second-order valence-corrected chi connectivity index (χ2v) is 6.91. The molecular weight excluding hydrogens is 378 g/mol. The normalized spacial score (nSPS) is 10.6. The van der Waals surface area contributed by atoms with Crippen molar-refractivity contribution in [3.63, 3.8) is 0 Å². The lowest BCUT2D eigenvalue weighted by Crippen LogP contribution is -2.16. The fourth-order valence-electron chi connectivity index (χ4n) is 3.07. The number of hydrogen-bond acceptors (Lipinski definition) is 6. The van der Waals surface area contributed by atoms with E-state index in [0.29, 0.717) is 17.3 Å². The number of amides is 1. The summed E-state index contributed by atoms with van der Waals surface area (Å²) in [5.41, 5.74) is 5.43. The highest BCUT2D eigenvalue weighted by Gasteiger charge is 2.13. The first kappa shape index (κ1) is 19.3. The predicted molar refractivity (Wildman–Crippen MR) is 116 cm³/mol. The number of nitrogens with zero attached hydrogens (tertiary/aromatic N) is 5. The van der Waals surface area contributed by atoms with E-state index in [4.69, 9.17) is 0 Å². The van der Waals surface area contributed by atoms with Crippen molar-refractivity contribution in [1.82, 2.24) is 24.7 Å². The molecule has 3 heterocycles. The topological polar surface area (TPSA) is 97.6 Å². The Hall–Kier alpha value is -4.07. The minimum atomic E-state index is -0.220. The zero-order valence-corrected chi connectivity index (χ0v) is 16.9. The van der Waals surface area contributed by atoms with E-state index in [-0.39, 0.29) is 5.91 Å². The number of nitrogens with one attached hydrogen (secondary N) is 2. The van der Waals surface area contributed by atoms with E-state index in [1.807, 2.05) is 50.2 Å². The maximum absolute atomic E-state index is 12.6. The van der Waals surface area contributed by atoms with Gasteiger partial charge in [0, 0.05) is 42.6 Å². The molecule has 30 heavy (non-hydrogen) atoms. The van der Waals surface area contributed by atoms with Crippen LogP contribution in [-0.4, -0.2) is 30.6 Å². The van der Waals surface area contributed by atoms with Gasteiger partial charge in [0.15, 0.2) is 0 Å². The third kappa shape index (κ3) is 4.17. The summed E-state index contributed by atoms with van der Waals surface area (Å²) in [6.45, 7) is 3.83. The van der Waals surface area contributed by atoms with Crippen molar-refractivity contribution in [2.75, 3.05) is 10.6 Å². The summed E-state index contributed by atoms with van der Waals surface area (Å²) >= 11 is 0. The van der Waals surface area contributed by atoms with Crippen LogP contribution in [0.1, 0.15) is 21.7 Å². The van der Waals surface area contributed by atoms with E-state index in [1.165, 1.54) is 0 Å². The van der Waals surface area contributed by atoms with E-state index in [0.717, 1.165) is 28.2 Å². The monoisotopic (exact) mass is 399 g/mol. The van der Waals surface area contributed by atoms with Gasteiger partial charge in [-0.15, -0.1) is 0 Å². The van der Waals surface area contributed by atoms with Crippen molar-refractivity contribution in [1.29, 1.82) is 0 Å². The summed E-state index contributed by atoms with van der Waals surface area (Å²) in [4.78, 5) is 25.6. The fraction of sp³-hybridized carbons (Fsp3) is 0.136. The Labute approximate surface area is 174 Å². The number of anilines is 3. The van der Waals surface area contributed by atoms with Crippen LogP contribution in [0, 0.1) is 13.8 Å². The average Bonchev–Trinajstić information content (AvgIpc) is 3.09. The largest absolute Gasteiger partial charge is 0.324 e. The Morgan fingerprint density at radius 2 is 1.93 bits per heavy atom. The number of aromatic nitrogens is 5. The number of benzene rings is 1. The maximum Gasteiger partial charge on any atom is 0.273 e. The number of carbonyl (C=O) groups excluding carboxylic acids is 1. The fourth-order valence-corrected chi connectivity index (χ4v) is 3.07. The highest BCUT2D eigenvalue weighted by atomic mass is 16.2. The minimum Gasteiger partial charge on any atom is -0.324 e. The lowest BCUT2D eigenvalue weighted by atomic mass is 10.1. The molecule has 0 radical (unpaired) electrons. The van der Waals surface area contributed by atoms with Crippen LogP contribution < -0.4 is 10.6 Å². The number of carbonyl (C=O) groups is 1. The van der Waals surface area contributed by atoms with Gasteiger partial charge in [-0.2, -0.15) is 5.10 Å². The first-order chi connectivity index (χ1) is 14.5. The number of aryl methyl sites for hydroxylation is 3. The summed E-state index contributed by atoms with van der Waals surface area (Å²) in [7, 11) is 1.75. The second kappa shape index (κ2) is 8.12. The van der Waals surface area contributed by atoms with Gasteiger partial charge in [-0.25, -0.2) is 9.97 Å². The SMILES string of the molecule is Cc1cc(C(=O)Nc2ccc(C)c(Nc3nccc(-c4cccnc4)n3)c2)n(C)n1. The van der Waals surface area contributed by atoms with Crippen LogP contribution in [-0.2, 0) is 7.05 Å². The molecular formula is C22H21N7O. The molecule has 8 heteroatoms. The highest BCUT2D eigenvalue weighted by Crippen LogP contribution is 2.24. The quantitative estimate of drug-likeness (QED) is 0.528. The van der Waals surface area contributed by atoms with Crippen molar-refractivity contribution >= 4 is 23.2 Å². The van der Waals surface area contributed by atoms with Gasteiger partial charge in [0.2, 0.25) is 5.95 Å². The van der Waals surface area contributed by atoms with Gasteiger partial charge in [-0.05, 0) is 55.8 Å². The molecule has 0 spiro atoms. The lowest BCUT2D eigenvalue weighted by Gasteiger charge is -2.12. The summed E-state index contributed by atoms with van der Waals surface area (Å²) < 4.78 is 1.57. The predicted octanol–water partition coefficient (Wildman–Crippen LogP) is 3.88. The van der Waals surface area contributed by atoms with Gasteiger partial charge in [0.1, 0.15) is 5.69 Å². The Balaban J connectivity index is 1.56. The maximum atomic E-state index is 12.6. The van der Waals surface area contributed by atoms with Crippen molar-refractivity contribution in [3.8, 4) is 11.3 Å². The summed E-state index contributed by atoms with van der Waals surface area (Å²) in [5.74, 6) is 0.243.